The summed E-state index contributed by atoms with van der Waals surface area (Å²) in [4.78, 5) is 3.99. The summed E-state index contributed by atoms with van der Waals surface area (Å²) in [5.41, 5.74) is 5.87. The van der Waals surface area contributed by atoms with Gasteiger partial charge in [-0.05, 0) is 12.1 Å². The highest BCUT2D eigenvalue weighted by Crippen LogP contribution is 2.31. The van der Waals surface area contributed by atoms with Crippen molar-refractivity contribution in [2.75, 3.05) is 12.3 Å². The van der Waals surface area contributed by atoms with Crippen molar-refractivity contribution in [1.29, 1.82) is 0 Å². The number of hydrogen-bond donors (Lipinski definition) is 2. The van der Waals surface area contributed by atoms with Gasteiger partial charge in [0.15, 0.2) is 0 Å². The molecule has 3 N–H and O–H groups in total. The molecule has 1 unspecified atom stereocenters. The summed E-state index contributed by atoms with van der Waals surface area (Å²) in [6, 6.07) is 2.71. The van der Waals surface area contributed by atoms with Gasteiger partial charge in [0.05, 0.1) is 15.1 Å². The quantitative estimate of drug-likeness (QED) is 0.797. The van der Waals surface area contributed by atoms with Crippen molar-refractivity contribution in [2.24, 2.45) is 0 Å². The second kappa shape index (κ2) is 6.50. The standard InChI is InChI=1S/C12H13Cl2N3O2S2/c1-7(12-16-2-3-20-12)6-17-21(18,19)11-9(13)4-8(15)5-10(11)14/h2-5,7,17H,6,15H2,1H3. The van der Waals surface area contributed by atoms with Crippen LogP contribution in [0.15, 0.2) is 28.6 Å². The number of aromatic nitrogens is 1. The van der Waals surface area contributed by atoms with Gasteiger partial charge in [-0.15, -0.1) is 11.3 Å². The van der Waals surface area contributed by atoms with Gasteiger partial charge in [-0.2, -0.15) is 0 Å². The fourth-order valence-corrected chi connectivity index (χ4v) is 4.77. The number of hydrogen-bond acceptors (Lipinski definition) is 5. The van der Waals surface area contributed by atoms with E-state index in [0.29, 0.717) is 5.69 Å². The van der Waals surface area contributed by atoms with Gasteiger partial charge in [0.1, 0.15) is 4.90 Å². The molecule has 0 aliphatic rings. The number of rotatable bonds is 5. The van der Waals surface area contributed by atoms with Gasteiger partial charge < -0.3 is 5.73 Å². The number of nitrogens with two attached hydrogens (primary N) is 1. The summed E-state index contributed by atoms with van der Waals surface area (Å²) in [6.07, 6.45) is 1.68. The molecule has 0 saturated heterocycles. The molecule has 0 spiro atoms. The van der Waals surface area contributed by atoms with Crippen LogP contribution in [0, 0.1) is 0 Å². The number of anilines is 1. The summed E-state index contributed by atoms with van der Waals surface area (Å²) in [5.74, 6) is -0.0499. The maximum absolute atomic E-state index is 12.3. The number of nitrogen functional groups attached to an aromatic ring is 1. The molecule has 5 nitrogen and oxygen atoms in total. The summed E-state index contributed by atoms with van der Waals surface area (Å²) in [6.45, 7) is 2.08. The first kappa shape index (κ1) is 16.5. The van der Waals surface area contributed by atoms with Gasteiger partial charge >= 0.3 is 0 Å². The summed E-state index contributed by atoms with van der Waals surface area (Å²) in [5, 5.41) is 2.68. The molecule has 0 aliphatic heterocycles. The molecule has 2 rings (SSSR count). The number of sulfonamides is 1. The molecular weight excluding hydrogens is 353 g/mol. The third-order valence-corrected chi connectivity index (χ3v) is 6.09. The minimum atomic E-state index is -3.82. The molecule has 9 heteroatoms. The van der Waals surface area contributed by atoms with Crippen molar-refractivity contribution in [2.45, 2.75) is 17.7 Å². The maximum atomic E-state index is 12.3. The van der Waals surface area contributed by atoms with Gasteiger partial charge in [-0.25, -0.2) is 18.1 Å². The molecule has 1 atom stereocenters. The number of nitrogens with one attached hydrogen (secondary N) is 1. The Labute approximate surface area is 137 Å². The normalized spacial score (nSPS) is 13.3. The van der Waals surface area contributed by atoms with Crippen LogP contribution in [0.4, 0.5) is 5.69 Å². The molecule has 0 bridgehead atoms. The van der Waals surface area contributed by atoms with E-state index in [1.54, 1.807) is 6.20 Å². The van der Waals surface area contributed by atoms with E-state index < -0.39 is 10.0 Å². The molecule has 114 valence electrons. The predicted octanol–water partition coefficient (Wildman–Crippen LogP) is 3.11. The third kappa shape index (κ3) is 3.87. The van der Waals surface area contributed by atoms with E-state index in [9.17, 15) is 8.42 Å². The first-order valence-electron chi connectivity index (χ1n) is 5.95. The lowest BCUT2D eigenvalue weighted by Crippen LogP contribution is -2.28. The van der Waals surface area contributed by atoms with E-state index in [0.717, 1.165) is 5.01 Å². The fraction of sp³-hybridized carbons (Fsp3) is 0.250. The van der Waals surface area contributed by atoms with Crippen LogP contribution < -0.4 is 10.5 Å². The largest absolute Gasteiger partial charge is 0.399 e. The topological polar surface area (TPSA) is 85.1 Å². The van der Waals surface area contributed by atoms with Crippen LogP contribution in [0.25, 0.3) is 0 Å². The Hall–Kier alpha value is -0.860. The van der Waals surface area contributed by atoms with Crippen LogP contribution in [-0.2, 0) is 10.0 Å². The van der Waals surface area contributed by atoms with Crippen LogP contribution in [-0.4, -0.2) is 19.9 Å². The Balaban J connectivity index is 2.20. The van der Waals surface area contributed by atoms with Crippen LogP contribution >= 0.6 is 34.5 Å². The van der Waals surface area contributed by atoms with Gasteiger partial charge in [-0.3, -0.25) is 0 Å². The van der Waals surface area contributed by atoms with Crippen molar-refractivity contribution in [3.63, 3.8) is 0 Å². The zero-order chi connectivity index (χ0) is 15.6. The van der Waals surface area contributed by atoms with E-state index in [-0.39, 0.29) is 27.4 Å². The molecule has 2 aromatic rings. The zero-order valence-corrected chi connectivity index (χ0v) is 14.2. The van der Waals surface area contributed by atoms with Crippen LogP contribution in [0.3, 0.4) is 0 Å². The lowest BCUT2D eigenvalue weighted by Gasteiger charge is -2.13. The lowest BCUT2D eigenvalue weighted by molar-refractivity contribution is 0.575. The Morgan fingerprint density at radius 3 is 2.52 bits per heavy atom. The van der Waals surface area contributed by atoms with Gasteiger partial charge in [0.25, 0.3) is 0 Å². The van der Waals surface area contributed by atoms with Crippen molar-refractivity contribution < 1.29 is 8.42 Å². The molecular formula is C12H13Cl2N3O2S2. The minimum absolute atomic E-state index is 0.00518. The average Bonchev–Trinajstić information content (AvgIpc) is 2.88. The smallest absolute Gasteiger partial charge is 0.243 e. The van der Waals surface area contributed by atoms with Crippen molar-refractivity contribution in [3.05, 3.63) is 38.8 Å². The molecule has 1 heterocycles. The van der Waals surface area contributed by atoms with E-state index in [2.05, 4.69) is 9.71 Å². The Kier molecular flexibility index (Phi) is 5.11. The lowest BCUT2D eigenvalue weighted by atomic mass is 10.2. The maximum Gasteiger partial charge on any atom is 0.243 e. The first-order valence-corrected chi connectivity index (χ1v) is 9.06. The van der Waals surface area contributed by atoms with Crippen LogP contribution in [0.1, 0.15) is 17.8 Å². The van der Waals surface area contributed by atoms with E-state index in [1.807, 2.05) is 12.3 Å². The minimum Gasteiger partial charge on any atom is -0.399 e. The highest BCUT2D eigenvalue weighted by molar-refractivity contribution is 7.89. The number of thiazole rings is 1. The zero-order valence-electron chi connectivity index (χ0n) is 11.0. The molecule has 0 amide bonds. The van der Waals surface area contributed by atoms with E-state index in [4.69, 9.17) is 28.9 Å². The molecule has 1 aromatic heterocycles. The van der Waals surface area contributed by atoms with Gasteiger partial charge in [-0.1, -0.05) is 30.1 Å². The number of nitrogens with zero attached hydrogens (tertiary/aromatic N) is 1. The molecule has 21 heavy (non-hydrogen) atoms. The second-order valence-corrected chi connectivity index (χ2v) is 7.88. The molecule has 0 aliphatic carbocycles. The van der Waals surface area contributed by atoms with Crippen molar-refractivity contribution >= 4 is 50.2 Å². The average molecular weight is 366 g/mol. The van der Waals surface area contributed by atoms with Crippen molar-refractivity contribution in [3.8, 4) is 0 Å². The number of halogens is 2. The SMILES string of the molecule is CC(CNS(=O)(=O)c1c(Cl)cc(N)cc1Cl)c1nccs1. The highest BCUT2D eigenvalue weighted by Gasteiger charge is 2.23. The van der Waals surface area contributed by atoms with Gasteiger partial charge in [0, 0.05) is 29.7 Å². The monoisotopic (exact) mass is 365 g/mol. The molecule has 0 fully saturated rings. The van der Waals surface area contributed by atoms with Crippen LogP contribution in [0.5, 0.6) is 0 Å². The molecule has 0 saturated carbocycles. The molecule has 1 aromatic carbocycles. The Bertz CT molecular complexity index is 710. The summed E-state index contributed by atoms with van der Waals surface area (Å²) >= 11 is 13.4. The molecule has 0 radical (unpaired) electrons. The first-order chi connectivity index (χ1) is 9.81. The Morgan fingerprint density at radius 2 is 2.00 bits per heavy atom. The second-order valence-electron chi connectivity index (χ2n) is 4.44. The highest BCUT2D eigenvalue weighted by atomic mass is 35.5. The number of benzene rings is 1. The van der Waals surface area contributed by atoms with Gasteiger partial charge in [0.2, 0.25) is 10.0 Å². The summed E-state index contributed by atoms with van der Waals surface area (Å²) in [7, 11) is -3.82. The van der Waals surface area contributed by atoms with E-state index >= 15 is 0 Å². The fourth-order valence-electron chi connectivity index (χ4n) is 1.71. The van der Waals surface area contributed by atoms with E-state index in [1.165, 1.54) is 23.5 Å². The van der Waals surface area contributed by atoms with Crippen LogP contribution in [0.2, 0.25) is 10.0 Å². The Morgan fingerprint density at radius 1 is 1.38 bits per heavy atom. The third-order valence-electron chi connectivity index (χ3n) is 2.74. The summed E-state index contributed by atoms with van der Waals surface area (Å²) < 4.78 is 27.1. The van der Waals surface area contributed by atoms with Crippen molar-refractivity contribution in [1.82, 2.24) is 9.71 Å². The predicted molar refractivity (Wildman–Crippen MR) is 86.6 cm³/mol.